The fourth-order valence-electron chi connectivity index (χ4n) is 3.39. The first-order chi connectivity index (χ1) is 19.4. The average molecular weight is 577 g/mol. The van der Waals surface area contributed by atoms with Gasteiger partial charge in [0.15, 0.2) is 0 Å². The van der Waals surface area contributed by atoms with Crippen molar-refractivity contribution in [1.29, 1.82) is 0 Å². The molecule has 0 unspecified atom stereocenters. The summed E-state index contributed by atoms with van der Waals surface area (Å²) in [5.74, 6) is -0.977. The Morgan fingerprint density at radius 2 is 1.44 bits per heavy atom. The van der Waals surface area contributed by atoms with Crippen LogP contribution in [-0.2, 0) is 0 Å². The predicted octanol–water partition coefficient (Wildman–Crippen LogP) is 6.57. The molecule has 0 bridgehead atoms. The van der Waals surface area contributed by atoms with Gasteiger partial charge < -0.3 is 4.74 Å². The number of ether oxygens (including phenoxy) is 1. The maximum absolute atomic E-state index is 13.3. The van der Waals surface area contributed by atoms with Crippen LogP contribution in [0.2, 0.25) is 0 Å². The first kappa shape index (κ1) is 28.7. The van der Waals surface area contributed by atoms with Gasteiger partial charge in [0.05, 0.1) is 11.1 Å². The number of nitrogens with zero attached hydrogens (tertiary/aromatic N) is 6. The number of benzene rings is 3. The van der Waals surface area contributed by atoms with Gasteiger partial charge in [-0.05, 0) is 24.3 Å². The number of para-hydroxylation sites is 2. The lowest BCUT2D eigenvalue weighted by Crippen LogP contribution is -2.47. The third kappa shape index (κ3) is 7.43. The maximum atomic E-state index is 13.3. The number of halogens is 6. The lowest BCUT2D eigenvalue weighted by Gasteiger charge is -2.25. The highest BCUT2D eigenvalue weighted by Crippen LogP contribution is 2.37. The van der Waals surface area contributed by atoms with E-state index in [2.05, 4.69) is 30.2 Å². The Hall–Kier alpha value is -5.28. The Morgan fingerprint density at radius 1 is 0.854 bits per heavy atom. The molecule has 4 rings (SSSR count). The van der Waals surface area contributed by atoms with Gasteiger partial charge in [0.2, 0.25) is 5.95 Å². The zero-order valence-corrected chi connectivity index (χ0v) is 20.4. The van der Waals surface area contributed by atoms with Crippen LogP contribution in [0, 0.1) is 10.1 Å². The van der Waals surface area contributed by atoms with E-state index in [0.717, 1.165) is 6.21 Å². The molecule has 0 fully saturated rings. The summed E-state index contributed by atoms with van der Waals surface area (Å²) in [5, 5.41) is 14.8. The molecule has 0 saturated carbocycles. The number of hydrogen-bond acceptors (Lipinski definition) is 9. The van der Waals surface area contributed by atoms with Crippen LogP contribution in [0.1, 0.15) is 5.56 Å². The third-order valence-corrected chi connectivity index (χ3v) is 5.11. The summed E-state index contributed by atoms with van der Waals surface area (Å²) in [6, 6.07) is 20.4. The topological polar surface area (TPSA) is 119 Å². The highest BCUT2D eigenvalue weighted by molar-refractivity contribution is 5.81. The highest BCUT2D eigenvalue weighted by atomic mass is 19.4. The van der Waals surface area contributed by atoms with Gasteiger partial charge in [0.1, 0.15) is 0 Å². The zero-order chi connectivity index (χ0) is 29.6. The molecule has 1 aromatic heterocycles. The lowest BCUT2D eigenvalue weighted by molar-refractivity contribution is -0.384. The van der Waals surface area contributed by atoms with Crippen LogP contribution in [0.4, 0.5) is 55.3 Å². The van der Waals surface area contributed by atoms with E-state index >= 15 is 0 Å². The number of nitro benzene ring substituents is 1. The van der Waals surface area contributed by atoms with Crippen molar-refractivity contribution in [2.45, 2.75) is 18.5 Å². The summed E-state index contributed by atoms with van der Waals surface area (Å²) >= 11 is 0. The fourth-order valence-corrected chi connectivity index (χ4v) is 3.39. The molecule has 212 valence electrons. The molecule has 3 aromatic carbocycles. The van der Waals surface area contributed by atoms with E-state index in [-0.39, 0.29) is 11.3 Å². The smallest absolute Gasteiger partial charge is 0.434 e. The number of aromatic nitrogens is 3. The largest absolute Gasteiger partial charge is 0.440 e. The molecule has 0 spiro atoms. The minimum absolute atomic E-state index is 0.237. The van der Waals surface area contributed by atoms with Crippen molar-refractivity contribution >= 4 is 35.2 Å². The molecule has 0 aliphatic rings. The van der Waals surface area contributed by atoms with Crippen LogP contribution in [-0.4, -0.2) is 44.5 Å². The van der Waals surface area contributed by atoms with Crippen molar-refractivity contribution in [3.63, 3.8) is 0 Å². The molecule has 16 heteroatoms. The van der Waals surface area contributed by atoms with Crippen LogP contribution >= 0.6 is 0 Å². The van der Waals surface area contributed by atoms with Gasteiger partial charge in [-0.2, -0.15) is 46.4 Å². The third-order valence-electron chi connectivity index (χ3n) is 5.11. The van der Waals surface area contributed by atoms with Crippen LogP contribution in [0.3, 0.4) is 0 Å². The Balaban J connectivity index is 1.78. The van der Waals surface area contributed by atoms with Gasteiger partial charge in [0, 0.05) is 29.1 Å². The number of hydrogen-bond donors (Lipinski definition) is 1. The Bertz CT molecular complexity index is 1470. The van der Waals surface area contributed by atoms with Gasteiger partial charge in [-0.15, -0.1) is 0 Å². The number of rotatable bonds is 9. The number of hydrazone groups is 1. The standard InChI is InChI=1S/C25H17F6N7O3/c26-24(27,28)20(25(29,30)31)41-23-34-21(36-32-15-16-8-7-13-19(14-16)38(39)40)33-22(35-23)37(17-9-3-1-4-10-17)18-11-5-2-6-12-18/h1-15,20H,(H,33,34,35,36)/b32-15-. The number of anilines is 4. The fraction of sp³-hybridized carbons (Fsp3) is 0.120. The molecule has 0 saturated heterocycles. The molecule has 1 heterocycles. The second-order valence-electron chi connectivity index (χ2n) is 8.05. The monoisotopic (exact) mass is 577 g/mol. The second kappa shape index (κ2) is 11.8. The van der Waals surface area contributed by atoms with Gasteiger partial charge in [-0.25, -0.2) is 5.43 Å². The van der Waals surface area contributed by atoms with Crippen molar-refractivity contribution < 1.29 is 36.0 Å². The molecule has 41 heavy (non-hydrogen) atoms. The van der Waals surface area contributed by atoms with E-state index in [0.29, 0.717) is 11.4 Å². The lowest BCUT2D eigenvalue weighted by atomic mass is 10.2. The number of alkyl halides is 6. The van der Waals surface area contributed by atoms with E-state index in [1.807, 2.05) is 0 Å². The normalized spacial score (nSPS) is 12.0. The number of nitrogens with one attached hydrogen (secondary N) is 1. The molecule has 0 atom stereocenters. The van der Waals surface area contributed by atoms with Gasteiger partial charge in [-0.3, -0.25) is 15.0 Å². The Morgan fingerprint density at radius 3 is 1.98 bits per heavy atom. The first-order valence-corrected chi connectivity index (χ1v) is 11.4. The summed E-state index contributed by atoms with van der Waals surface area (Å²) in [6.45, 7) is 0. The quantitative estimate of drug-likeness (QED) is 0.103. The second-order valence-corrected chi connectivity index (χ2v) is 8.05. The molecule has 4 aromatic rings. The summed E-state index contributed by atoms with van der Waals surface area (Å²) in [6.07, 6.45) is -14.8. The van der Waals surface area contributed by atoms with Crippen molar-refractivity contribution in [3.05, 3.63) is 101 Å². The summed E-state index contributed by atoms with van der Waals surface area (Å²) in [4.78, 5) is 23.1. The average Bonchev–Trinajstić information content (AvgIpc) is 2.92. The summed E-state index contributed by atoms with van der Waals surface area (Å²) in [5.41, 5.74) is 3.13. The molecule has 0 aliphatic carbocycles. The van der Waals surface area contributed by atoms with Crippen LogP contribution in [0.15, 0.2) is 90.0 Å². The van der Waals surface area contributed by atoms with E-state index in [1.165, 1.54) is 29.2 Å². The van der Waals surface area contributed by atoms with Crippen LogP contribution in [0.5, 0.6) is 6.01 Å². The summed E-state index contributed by atoms with van der Waals surface area (Å²) in [7, 11) is 0. The van der Waals surface area contributed by atoms with Crippen molar-refractivity contribution in [2.75, 3.05) is 10.3 Å². The molecule has 0 aliphatic heterocycles. The highest BCUT2D eigenvalue weighted by Gasteiger charge is 2.59. The maximum Gasteiger partial charge on any atom is 0.434 e. The van der Waals surface area contributed by atoms with E-state index in [4.69, 9.17) is 0 Å². The molecular formula is C25H17F6N7O3. The van der Waals surface area contributed by atoms with Gasteiger partial charge >= 0.3 is 18.4 Å². The van der Waals surface area contributed by atoms with Crippen molar-refractivity contribution in [2.24, 2.45) is 5.10 Å². The molecule has 10 nitrogen and oxygen atoms in total. The molecule has 0 amide bonds. The number of non-ortho nitro benzene ring substituents is 1. The first-order valence-electron chi connectivity index (χ1n) is 11.4. The van der Waals surface area contributed by atoms with Gasteiger partial charge in [0.25, 0.3) is 17.7 Å². The van der Waals surface area contributed by atoms with Crippen molar-refractivity contribution in [3.8, 4) is 6.01 Å². The Labute approximate surface area is 227 Å². The predicted molar refractivity (Wildman–Crippen MR) is 135 cm³/mol. The van der Waals surface area contributed by atoms with Crippen molar-refractivity contribution in [1.82, 2.24) is 15.0 Å². The number of nitro groups is 1. The Kier molecular flexibility index (Phi) is 8.30. The molecular weight excluding hydrogens is 560 g/mol. The molecule has 1 N–H and O–H groups in total. The van der Waals surface area contributed by atoms with E-state index in [9.17, 15) is 36.5 Å². The zero-order valence-electron chi connectivity index (χ0n) is 20.4. The van der Waals surface area contributed by atoms with Gasteiger partial charge in [-0.1, -0.05) is 48.5 Å². The minimum atomic E-state index is -5.84. The van der Waals surface area contributed by atoms with Crippen LogP contribution < -0.4 is 15.1 Å². The van der Waals surface area contributed by atoms with Crippen LogP contribution in [0.25, 0.3) is 0 Å². The minimum Gasteiger partial charge on any atom is -0.440 e. The summed E-state index contributed by atoms with van der Waals surface area (Å²) < 4.78 is 83.8. The van der Waals surface area contributed by atoms with E-state index < -0.39 is 41.3 Å². The molecule has 0 radical (unpaired) electrons. The van der Waals surface area contributed by atoms with E-state index in [1.54, 1.807) is 60.7 Å². The SMILES string of the molecule is O=[N+]([O-])c1cccc(/C=N\Nc2nc(OC(C(F)(F)F)C(F)(F)F)nc(N(c3ccccc3)c3ccccc3)n2)c1.